The lowest BCUT2D eigenvalue weighted by Crippen LogP contribution is -2.07. The Labute approximate surface area is 131 Å². The van der Waals surface area contributed by atoms with Gasteiger partial charge in [-0.1, -0.05) is 51.3 Å². The molecular weight excluding hydrogens is 345 g/mol. The Balaban J connectivity index is 1.89. The molecule has 98 valence electrons. The minimum Gasteiger partial charge on any atom is -0.377 e. The Morgan fingerprint density at radius 1 is 1.16 bits per heavy atom. The normalized spacial score (nSPS) is 17.3. The molecule has 1 aliphatic carbocycles. The SMILES string of the molecule is Clc1cccc(NC2CCc3cc(Br)ccc32)c1Cl. The van der Waals surface area contributed by atoms with Crippen molar-refractivity contribution in [2.24, 2.45) is 0 Å². The van der Waals surface area contributed by atoms with Gasteiger partial charge in [0, 0.05) is 4.47 Å². The first-order valence-electron chi connectivity index (χ1n) is 6.14. The van der Waals surface area contributed by atoms with Crippen LogP contribution < -0.4 is 5.32 Å². The maximum absolute atomic E-state index is 6.22. The van der Waals surface area contributed by atoms with Gasteiger partial charge in [-0.05, 0) is 48.2 Å². The van der Waals surface area contributed by atoms with E-state index in [1.807, 2.05) is 12.1 Å². The summed E-state index contributed by atoms with van der Waals surface area (Å²) in [4.78, 5) is 0. The van der Waals surface area contributed by atoms with Crippen LogP contribution in [0.3, 0.4) is 0 Å². The van der Waals surface area contributed by atoms with Gasteiger partial charge in [0.25, 0.3) is 0 Å². The molecular formula is C15H12BrCl2N. The lowest BCUT2D eigenvalue weighted by molar-refractivity contribution is 0.762. The largest absolute Gasteiger partial charge is 0.377 e. The fourth-order valence-electron chi connectivity index (χ4n) is 2.54. The van der Waals surface area contributed by atoms with Gasteiger partial charge >= 0.3 is 0 Å². The van der Waals surface area contributed by atoms with Crippen molar-refractivity contribution in [3.8, 4) is 0 Å². The quantitative estimate of drug-likeness (QED) is 0.711. The first-order chi connectivity index (χ1) is 9.15. The summed E-state index contributed by atoms with van der Waals surface area (Å²) in [6, 6.07) is 12.4. The number of halogens is 3. The van der Waals surface area contributed by atoms with E-state index in [9.17, 15) is 0 Å². The fraction of sp³-hybridized carbons (Fsp3) is 0.200. The van der Waals surface area contributed by atoms with Crippen LogP contribution in [0.5, 0.6) is 0 Å². The summed E-state index contributed by atoms with van der Waals surface area (Å²) in [5.74, 6) is 0. The molecule has 0 radical (unpaired) electrons. The van der Waals surface area contributed by atoms with Crippen molar-refractivity contribution < 1.29 is 0 Å². The molecule has 0 saturated heterocycles. The topological polar surface area (TPSA) is 12.0 Å². The number of anilines is 1. The zero-order chi connectivity index (χ0) is 13.4. The Morgan fingerprint density at radius 2 is 2.00 bits per heavy atom. The van der Waals surface area contributed by atoms with Gasteiger partial charge in [-0.25, -0.2) is 0 Å². The first kappa shape index (κ1) is 13.3. The second-order valence-corrected chi connectivity index (χ2v) is 6.38. The average Bonchev–Trinajstić information content (AvgIpc) is 2.77. The molecule has 19 heavy (non-hydrogen) atoms. The minimum absolute atomic E-state index is 0.305. The number of hydrogen-bond acceptors (Lipinski definition) is 1. The Morgan fingerprint density at radius 3 is 2.84 bits per heavy atom. The summed E-state index contributed by atoms with van der Waals surface area (Å²) in [5.41, 5.74) is 3.64. The van der Waals surface area contributed by atoms with Gasteiger partial charge < -0.3 is 5.32 Å². The molecule has 1 aliphatic rings. The standard InChI is InChI=1S/C15H12BrCl2N/c16-10-5-6-11-9(8-10)4-7-13(11)19-14-3-1-2-12(17)15(14)18/h1-3,5-6,8,13,19H,4,7H2. The number of rotatable bonds is 2. The van der Waals surface area contributed by atoms with Crippen LogP contribution in [0.15, 0.2) is 40.9 Å². The van der Waals surface area contributed by atoms with Gasteiger partial charge in [0.2, 0.25) is 0 Å². The molecule has 0 amide bonds. The highest BCUT2D eigenvalue weighted by molar-refractivity contribution is 9.10. The number of benzene rings is 2. The van der Waals surface area contributed by atoms with Crippen molar-refractivity contribution in [2.75, 3.05) is 5.32 Å². The Kier molecular flexibility index (Phi) is 3.75. The van der Waals surface area contributed by atoms with E-state index < -0.39 is 0 Å². The summed E-state index contributed by atoms with van der Waals surface area (Å²) in [6.07, 6.45) is 2.17. The molecule has 1 nitrogen and oxygen atoms in total. The van der Waals surface area contributed by atoms with Crippen LogP contribution in [0.2, 0.25) is 10.0 Å². The highest BCUT2D eigenvalue weighted by atomic mass is 79.9. The van der Waals surface area contributed by atoms with Gasteiger partial charge in [-0.2, -0.15) is 0 Å². The summed E-state index contributed by atoms with van der Waals surface area (Å²) in [7, 11) is 0. The molecule has 0 fully saturated rings. The zero-order valence-electron chi connectivity index (χ0n) is 10.1. The van der Waals surface area contributed by atoms with Crippen molar-refractivity contribution in [3.63, 3.8) is 0 Å². The van der Waals surface area contributed by atoms with Crippen LogP contribution in [-0.2, 0) is 6.42 Å². The molecule has 0 spiro atoms. The highest BCUT2D eigenvalue weighted by Crippen LogP contribution is 2.38. The fourth-order valence-corrected chi connectivity index (χ4v) is 3.30. The minimum atomic E-state index is 0.305. The number of nitrogens with one attached hydrogen (secondary N) is 1. The third-order valence-corrected chi connectivity index (χ3v) is 4.78. The Bertz CT molecular complexity index is 628. The predicted molar refractivity (Wildman–Crippen MR) is 85.3 cm³/mol. The third kappa shape index (κ3) is 2.62. The number of aryl methyl sites for hydroxylation is 1. The molecule has 4 heteroatoms. The monoisotopic (exact) mass is 355 g/mol. The molecule has 3 rings (SSSR count). The van der Waals surface area contributed by atoms with Gasteiger partial charge in [0.05, 0.1) is 21.8 Å². The van der Waals surface area contributed by atoms with Crippen molar-refractivity contribution in [2.45, 2.75) is 18.9 Å². The van der Waals surface area contributed by atoms with E-state index >= 15 is 0 Å². The van der Waals surface area contributed by atoms with Crippen molar-refractivity contribution >= 4 is 44.8 Å². The second-order valence-electron chi connectivity index (χ2n) is 4.68. The van der Waals surface area contributed by atoms with Gasteiger partial charge in [-0.15, -0.1) is 0 Å². The number of hydrogen-bond donors (Lipinski definition) is 1. The van der Waals surface area contributed by atoms with E-state index in [1.54, 1.807) is 6.07 Å². The number of fused-ring (bicyclic) bond motifs is 1. The van der Waals surface area contributed by atoms with E-state index in [1.165, 1.54) is 11.1 Å². The van der Waals surface area contributed by atoms with Crippen LogP contribution in [0.25, 0.3) is 0 Å². The van der Waals surface area contributed by atoms with E-state index in [2.05, 4.69) is 39.4 Å². The van der Waals surface area contributed by atoms with E-state index in [4.69, 9.17) is 23.2 Å². The predicted octanol–water partition coefficient (Wildman–Crippen LogP) is 5.86. The van der Waals surface area contributed by atoms with E-state index in [0.717, 1.165) is 23.0 Å². The molecule has 0 saturated carbocycles. The van der Waals surface area contributed by atoms with Crippen LogP contribution >= 0.6 is 39.1 Å². The molecule has 2 aromatic rings. The molecule has 0 aliphatic heterocycles. The van der Waals surface area contributed by atoms with Gasteiger partial charge in [0.1, 0.15) is 0 Å². The van der Waals surface area contributed by atoms with Gasteiger partial charge in [0.15, 0.2) is 0 Å². The maximum Gasteiger partial charge on any atom is 0.0823 e. The van der Waals surface area contributed by atoms with Crippen molar-refractivity contribution in [3.05, 3.63) is 62.0 Å². The lowest BCUT2D eigenvalue weighted by Gasteiger charge is -2.17. The summed E-state index contributed by atoms with van der Waals surface area (Å²) in [6.45, 7) is 0. The third-order valence-electron chi connectivity index (χ3n) is 3.46. The van der Waals surface area contributed by atoms with E-state index in [-0.39, 0.29) is 0 Å². The van der Waals surface area contributed by atoms with Crippen molar-refractivity contribution in [1.29, 1.82) is 0 Å². The van der Waals surface area contributed by atoms with Crippen LogP contribution in [0.1, 0.15) is 23.6 Å². The molecule has 2 aromatic carbocycles. The summed E-state index contributed by atoms with van der Waals surface area (Å²) in [5, 5.41) is 4.67. The molecule has 0 bridgehead atoms. The highest BCUT2D eigenvalue weighted by Gasteiger charge is 2.23. The maximum atomic E-state index is 6.22. The van der Waals surface area contributed by atoms with Crippen LogP contribution in [0.4, 0.5) is 5.69 Å². The average molecular weight is 357 g/mol. The Hall–Kier alpha value is -0.700. The molecule has 1 N–H and O–H groups in total. The summed E-state index contributed by atoms with van der Waals surface area (Å²) < 4.78 is 1.13. The van der Waals surface area contributed by atoms with Gasteiger partial charge in [-0.3, -0.25) is 0 Å². The zero-order valence-corrected chi connectivity index (χ0v) is 13.2. The summed E-state index contributed by atoms with van der Waals surface area (Å²) >= 11 is 15.8. The molecule has 1 atom stereocenters. The smallest absolute Gasteiger partial charge is 0.0823 e. The van der Waals surface area contributed by atoms with Crippen molar-refractivity contribution in [1.82, 2.24) is 0 Å². The van der Waals surface area contributed by atoms with Crippen LogP contribution in [-0.4, -0.2) is 0 Å². The lowest BCUT2D eigenvalue weighted by atomic mass is 10.1. The molecule has 1 unspecified atom stereocenters. The second kappa shape index (κ2) is 5.35. The van der Waals surface area contributed by atoms with Crippen LogP contribution in [0, 0.1) is 0 Å². The van der Waals surface area contributed by atoms with E-state index in [0.29, 0.717) is 16.1 Å². The molecule has 0 heterocycles. The molecule has 0 aromatic heterocycles. The first-order valence-corrected chi connectivity index (χ1v) is 7.69.